The van der Waals surface area contributed by atoms with Gasteiger partial charge < -0.3 is 9.47 Å². The molecule has 5 rings (SSSR count). The second kappa shape index (κ2) is 6.93. The first-order valence-electron chi connectivity index (χ1n) is 10.2. The number of carbonyl (C=O) groups is 1. The van der Waals surface area contributed by atoms with Crippen LogP contribution in [-0.2, 0) is 11.3 Å². The molecule has 2 heterocycles. The Morgan fingerprint density at radius 3 is 2.38 bits per heavy atom. The van der Waals surface area contributed by atoms with E-state index in [4.69, 9.17) is 0 Å². The Hall–Kier alpha value is -3.33. The van der Waals surface area contributed by atoms with Gasteiger partial charge in [-0.05, 0) is 40.6 Å². The molecule has 3 aromatic carbocycles. The molecule has 0 N–H and O–H groups in total. The Morgan fingerprint density at radius 1 is 0.862 bits per heavy atom. The Morgan fingerprint density at radius 2 is 1.59 bits per heavy atom. The average Bonchev–Trinajstić information content (AvgIpc) is 3.27. The Kier molecular flexibility index (Phi) is 4.24. The Balaban J connectivity index is 1.54. The Labute approximate surface area is 171 Å². The van der Waals surface area contributed by atoms with Crippen LogP contribution in [0.4, 0.5) is 5.69 Å². The molecule has 0 fully saturated rings. The van der Waals surface area contributed by atoms with Gasteiger partial charge in [-0.1, -0.05) is 74.5 Å². The van der Waals surface area contributed by atoms with Gasteiger partial charge in [-0.2, -0.15) is 0 Å². The van der Waals surface area contributed by atoms with Crippen molar-refractivity contribution in [3.05, 3.63) is 102 Å². The largest absolute Gasteiger partial charge is 0.331 e. The van der Waals surface area contributed by atoms with E-state index >= 15 is 0 Å². The molecule has 0 radical (unpaired) electrons. The van der Waals surface area contributed by atoms with Crippen molar-refractivity contribution < 1.29 is 4.79 Å². The van der Waals surface area contributed by atoms with E-state index in [1.807, 2.05) is 35.4 Å². The van der Waals surface area contributed by atoms with E-state index in [1.54, 1.807) is 0 Å². The summed E-state index contributed by atoms with van der Waals surface area (Å²) < 4.78 is 2.11. The summed E-state index contributed by atoms with van der Waals surface area (Å²) >= 11 is 0. The van der Waals surface area contributed by atoms with Gasteiger partial charge in [0.2, 0.25) is 0 Å². The first kappa shape index (κ1) is 17.7. The summed E-state index contributed by atoms with van der Waals surface area (Å²) in [7, 11) is 0. The predicted molar refractivity (Wildman–Crippen MR) is 118 cm³/mol. The maximum absolute atomic E-state index is 13.6. The monoisotopic (exact) mass is 380 g/mol. The molecule has 3 heteroatoms. The number of fused-ring (bicyclic) bond motifs is 2. The molecule has 0 spiro atoms. The molecule has 0 aliphatic carbocycles. The maximum atomic E-state index is 13.6. The van der Waals surface area contributed by atoms with Crippen LogP contribution in [0, 0.1) is 0 Å². The SMILES string of the molecule is CC(C)c1ccc(CN2C(=O)C(n3ccc4ccccc43)c3ccccc32)cc1. The van der Waals surface area contributed by atoms with Crippen molar-refractivity contribution in [2.45, 2.75) is 32.4 Å². The molecule has 1 aromatic heterocycles. The fourth-order valence-corrected chi connectivity index (χ4v) is 4.32. The average molecular weight is 380 g/mol. The summed E-state index contributed by atoms with van der Waals surface area (Å²) in [5.41, 5.74) is 5.63. The molecule has 29 heavy (non-hydrogen) atoms. The second-order valence-electron chi connectivity index (χ2n) is 8.06. The number of carbonyl (C=O) groups excluding carboxylic acids is 1. The lowest BCUT2D eigenvalue weighted by molar-refractivity contribution is -0.119. The quantitative estimate of drug-likeness (QED) is 0.433. The van der Waals surface area contributed by atoms with Crippen LogP contribution in [-0.4, -0.2) is 10.5 Å². The summed E-state index contributed by atoms with van der Waals surface area (Å²) in [5.74, 6) is 0.630. The van der Waals surface area contributed by atoms with Gasteiger partial charge in [0.25, 0.3) is 5.91 Å². The lowest BCUT2D eigenvalue weighted by Gasteiger charge is -2.19. The van der Waals surface area contributed by atoms with Crippen molar-refractivity contribution >= 4 is 22.5 Å². The van der Waals surface area contributed by atoms with Crippen LogP contribution >= 0.6 is 0 Å². The highest BCUT2D eigenvalue weighted by Crippen LogP contribution is 2.40. The van der Waals surface area contributed by atoms with Crippen LogP contribution in [0.3, 0.4) is 0 Å². The van der Waals surface area contributed by atoms with E-state index in [0.717, 1.165) is 27.7 Å². The predicted octanol–water partition coefficient (Wildman–Crippen LogP) is 5.90. The number of benzene rings is 3. The number of aromatic nitrogens is 1. The number of hydrogen-bond donors (Lipinski definition) is 0. The summed E-state index contributed by atoms with van der Waals surface area (Å²) in [4.78, 5) is 15.5. The number of amides is 1. The van der Waals surface area contributed by atoms with Gasteiger partial charge in [-0.25, -0.2) is 0 Å². The molecule has 1 amide bonds. The number of nitrogens with zero attached hydrogens (tertiary/aromatic N) is 2. The molecule has 0 bridgehead atoms. The summed E-state index contributed by atoms with van der Waals surface area (Å²) in [6.07, 6.45) is 2.03. The van der Waals surface area contributed by atoms with Crippen molar-refractivity contribution in [3.8, 4) is 0 Å². The molecule has 0 saturated carbocycles. The molecule has 1 aliphatic rings. The second-order valence-corrected chi connectivity index (χ2v) is 8.06. The van der Waals surface area contributed by atoms with Gasteiger partial charge in [0.1, 0.15) is 6.04 Å². The highest BCUT2D eigenvalue weighted by molar-refractivity contribution is 6.05. The van der Waals surface area contributed by atoms with Gasteiger partial charge in [0.05, 0.1) is 6.54 Å². The zero-order valence-electron chi connectivity index (χ0n) is 16.7. The number of anilines is 1. The van der Waals surface area contributed by atoms with E-state index in [1.165, 1.54) is 5.56 Å². The van der Waals surface area contributed by atoms with Crippen LogP contribution in [0.2, 0.25) is 0 Å². The molecule has 3 nitrogen and oxygen atoms in total. The molecular weight excluding hydrogens is 356 g/mol. The summed E-state index contributed by atoms with van der Waals surface area (Å²) in [6.45, 7) is 4.98. The lowest BCUT2D eigenvalue weighted by atomic mass is 10.0. The van der Waals surface area contributed by atoms with E-state index in [2.05, 4.69) is 73.0 Å². The minimum absolute atomic E-state index is 0.125. The Bertz CT molecular complexity index is 1190. The molecule has 1 unspecified atom stereocenters. The molecule has 1 aliphatic heterocycles. The van der Waals surface area contributed by atoms with Crippen molar-refractivity contribution in [2.24, 2.45) is 0 Å². The number of para-hydroxylation sites is 2. The van der Waals surface area contributed by atoms with Crippen LogP contribution < -0.4 is 4.90 Å². The third-order valence-corrected chi connectivity index (χ3v) is 5.92. The van der Waals surface area contributed by atoms with Crippen LogP contribution in [0.5, 0.6) is 0 Å². The molecule has 144 valence electrons. The fourth-order valence-electron chi connectivity index (χ4n) is 4.32. The van der Waals surface area contributed by atoms with Gasteiger partial charge in [0.15, 0.2) is 0 Å². The van der Waals surface area contributed by atoms with E-state index in [9.17, 15) is 4.79 Å². The smallest absolute Gasteiger partial charge is 0.255 e. The van der Waals surface area contributed by atoms with Crippen molar-refractivity contribution in [2.75, 3.05) is 4.90 Å². The van der Waals surface area contributed by atoms with Crippen molar-refractivity contribution in [1.82, 2.24) is 4.57 Å². The highest BCUT2D eigenvalue weighted by atomic mass is 16.2. The van der Waals surface area contributed by atoms with Crippen LogP contribution in [0.25, 0.3) is 10.9 Å². The third kappa shape index (κ3) is 2.94. The molecular formula is C26H24N2O. The third-order valence-electron chi connectivity index (χ3n) is 5.92. The molecule has 1 atom stereocenters. The topological polar surface area (TPSA) is 25.2 Å². The minimum Gasteiger partial charge on any atom is -0.331 e. The highest BCUT2D eigenvalue weighted by Gasteiger charge is 2.38. The zero-order valence-corrected chi connectivity index (χ0v) is 16.7. The van der Waals surface area contributed by atoms with Crippen molar-refractivity contribution in [3.63, 3.8) is 0 Å². The standard InChI is InChI=1S/C26H24N2O/c1-18(2)20-13-11-19(12-14-20)17-28-24-10-6-4-8-22(24)25(26(28)29)27-16-15-21-7-3-5-9-23(21)27/h3-16,18,25H,17H2,1-2H3. The maximum Gasteiger partial charge on any atom is 0.255 e. The summed E-state index contributed by atoms with van der Waals surface area (Å²) in [5, 5.41) is 1.15. The van der Waals surface area contributed by atoms with Gasteiger partial charge >= 0.3 is 0 Å². The molecule has 0 saturated heterocycles. The van der Waals surface area contributed by atoms with Crippen LogP contribution in [0.15, 0.2) is 85.1 Å². The van der Waals surface area contributed by atoms with E-state index in [-0.39, 0.29) is 11.9 Å². The van der Waals surface area contributed by atoms with Gasteiger partial charge in [-0.3, -0.25) is 4.79 Å². The van der Waals surface area contributed by atoms with E-state index < -0.39 is 0 Å². The van der Waals surface area contributed by atoms with Gasteiger partial charge in [-0.15, -0.1) is 0 Å². The van der Waals surface area contributed by atoms with Gasteiger partial charge in [0, 0.05) is 23.0 Å². The molecule has 4 aromatic rings. The first-order chi connectivity index (χ1) is 14.1. The lowest BCUT2D eigenvalue weighted by Crippen LogP contribution is -2.30. The number of rotatable bonds is 4. The van der Waals surface area contributed by atoms with Crippen molar-refractivity contribution in [1.29, 1.82) is 0 Å². The number of hydrogen-bond acceptors (Lipinski definition) is 1. The first-order valence-corrected chi connectivity index (χ1v) is 10.2. The zero-order chi connectivity index (χ0) is 20.0. The normalized spacial score (nSPS) is 16.0. The van der Waals surface area contributed by atoms with Crippen LogP contribution in [0.1, 0.15) is 42.5 Å². The minimum atomic E-state index is -0.318. The van der Waals surface area contributed by atoms with E-state index in [0.29, 0.717) is 12.5 Å². The summed E-state index contributed by atoms with van der Waals surface area (Å²) in [6, 6.07) is 26.8. The fraction of sp³-hybridized carbons (Fsp3) is 0.192.